The van der Waals surface area contributed by atoms with Crippen molar-refractivity contribution in [2.75, 3.05) is 5.73 Å². The minimum Gasteiger partial charge on any atom is -0.384 e. The Morgan fingerprint density at radius 2 is 2.25 bits per heavy atom. The number of rotatable bonds is 3. The molecule has 0 unspecified atom stereocenters. The first kappa shape index (κ1) is 10.7. The molecule has 0 saturated carbocycles. The molecule has 3 N–H and O–H groups in total. The predicted octanol–water partition coefficient (Wildman–Crippen LogP) is 1.59. The Morgan fingerprint density at radius 3 is 2.81 bits per heavy atom. The number of hydrogen-bond acceptors (Lipinski definition) is 3. The third-order valence-electron chi connectivity index (χ3n) is 2.58. The molecule has 5 nitrogen and oxygen atoms in total. The summed E-state index contributed by atoms with van der Waals surface area (Å²) in [6.45, 7) is 4.34. The lowest BCUT2D eigenvalue weighted by Gasteiger charge is -2.05. The largest absolute Gasteiger partial charge is 0.384 e. The van der Waals surface area contributed by atoms with Crippen LogP contribution in [0.15, 0.2) is 12.4 Å². The Morgan fingerprint density at radius 1 is 1.50 bits per heavy atom. The van der Waals surface area contributed by atoms with Crippen molar-refractivity contribution in [2.24, 2.45) is 13.0 Å². The highest BCUT2D eigenvalue weighted by atomic mass is 15.3. The van der Waals surface area contributed by atoms with Crippen LogP contribution in [0, 0.1) is 5.92 Å². The molecule has 0 aliphatic heterocycles. The lowest BCUT2D eigenvalue weighted by molar-refractivity contribution is 0.648. The van der Waals surface area contributed by atoms with E-state index in [-0.39, 0.29) is 0 Å². The van der Waals surface area contributed by atoms with Crippen LogP contribution in [-0.4, -0.2) is 20.0 Å². The van der Waals surface area contributed by atoms with Crippen molar-refractivity contribution in [3.63, 3.8) is 0 Å². The van der Waals surface area contributed by atoms with Crippen LogP contribution >= 0.6 is 0 Å². The van der Waals surface area contributed by atoms with Gasteiger partial charge in [-0.1, -0.05) is 13.8 Å². The van der Waals surface area contributed by atoms with E-state index in [0.717, 1.165) is 29.1 Å². The first-order valence-electron chi connectivity index (χ1n) is 5.40. The number of hydrogen-bond donors (Lipinski definition) is 2. The van der Waals surface area contributed by atoms with Gasteiger partial charge in [-0.25, -0.2) is 0 Å². The summed E-state index contributed by atoms with van der Waals surface area (Å²) in [6.07, 6.45) is 4.54. The average Bonchev–Trinajstić information content (AvgIpc) is 2.81. The van der Waals surface area contributed by atoms with E-state index in [9.17, 15) is 0 Å². The average molecular weight is 219 g/mol. The summed E-state index contributed by atoms with van der Waals surface area (Å²) in [5, 5.41) is 11.2. The summed E-state index contributed by atoms with van der Waals surface area (Å²) >= 11 is 0. The lowest BCUT2D eigenvalue weighted by Crippen LogP contribution is -2.01. The molecule has 0 aliphatic carbocycles. The minimum absolute atomic E-state index is 0.553. The molecule has 5 heteroatoms. The standard InChI is InChI=1S/C11H17N5/c1-7(2)4-9-10(8-5-13-14-6-8)15-16(3)11(9)12/h5-7H,4,12H2,1-3H3,(H,13,14). The molecular weight excluding hydrogens is 202 g/mol. The smallest absolute Gasteiger partial charge is 0.125 e. The molecule has 0 bridgehead atoms. The maximum Gasteiger partial charge on any atom is 0.125 e. The maximum atomic E-state index is 6.03. The Bertz CT molecular complexity index is 467. The third kappa shape index (κ3) is 1.80. The first-order valence-corrected chi connectivity index (χ1v) is 5.40. The molecule has 0 saturated heterocycles. The van der Waals surface area contributed by atoms with Gasteiger partial charge in [0, 0.05) is 24.4 Å². The second kappa shape index (κ2) is 4.00. The maximum absolute atomic E-state index is 6.03. The molecule has 0 radical (unpaired) electrons. The Balaban J connectivity index is 2.48. The number of nitrogens with two attached hydrogens (primary N) is 1. The summed E-state index contributed by atoms with van der Waals surface area (Å²) in [5.41, 5.74) is 9.06. The summed E-state index contributed by atoms with van der Waals surface area (Å²) in [4.78, 5) is 0. The molecule has 2 heterocycles. The highest BCUT2D eigenvalue weighted by molar-refractivity contribution is 5.67. The highest BCUT2D eigenvalue weighted by Crippen LogP contribution is 2.27. The molecular formula is C11H17N5. The molecule has 0 atom stereocenters. The number of aromatic nitrogens is 4. The van der Waals surface area contributed by atoms with Crippen LogP contribution in [0.25, 0.3) is 11.3 Å². The van der Waals surface area contributed by atoms with E-state index in [4.69, 9.17) is 5.73 Å². The number of aromatic amines is 1. The van der Waals surface area contributed by atoms with Crippen molar-refractivity contribution in [1.29, 1.82) is 0 Å². The van der Waals surface area contributed by atoms with Gasteiger partial charge in [0.15, 0.2) is 0 Å². The van der Waals surface area contributed by atoms with Gasteiger partial charge in [0.25, 0.3) is 0 Å². The number of H-pyrrole nitrogens is 1. The monoisotopic (exact) mass is 219 g/mol. The molecule has 0 fully saturated rings. The van der Waals surface area contributed by atoms with Crippen LogP contribution in [0.2, 0.25) is 0 Å². The van der Waals surface area contributed by atoms with E-state index in [1.165, 1.54) is 0 Å². The van der Waals surface area contributed by atoms with E-state index >= 15 is 0 Å². The second-order valence-corrected chi connectivity index (χ2v) is 4.42. The molecule has 0 spiro atoms. The molecule has 0 amide bonds. The molecule has 16 heavy (non-hydrogen) atoms. The van der Waals surface area contributed by atoms with Crippen LogP contribution in [0.1, 0.15) is 19.4 Å². The van der Waals surface area contributed by atoms with Crippen LogP contribution in [0.5, 0.6) is 0 Å². The molecule has 2 aromatic rings. The van der Waals surface area contributed by atoms with E-state index in [2.05, 4.69) is 29.1 Å². The molecule has 0 aliphatic rings. The van der Waals surface area contributed by atoms with Gasteiger partial charge in [0.2, 0.25) is 0 Å². The number of aryl methyl sites for hydroxylation is 1. The highest BCUT2D eigenvalue weighted by Gasteiger charge is 2.16. The van der Waals surface area contributed by atoms with Crippen LogP contribution < -0.4 is 5.73 Å². The number of nitrogens with one attached hydrogen (secondary N) is 1. The van der Waals surface area contributed by atoms with Gasteiger partial charge in [0.05, 0.1) is 6.20 Å². The molecule has 0 aromatic carbocycles. The molecule has 86 valence electrons. The lowest BCUT2D eigenvalue weighted by atomic mass is 10.0. The fourth-order valence-corrected chi connectivity index (χ4v) is 1.80. The fraction of sp³-hybridized carbons (Fsp3) is 0.455. The quantitative estimate of drug-likeness (QED) is 0.823. The van der Waals surface area contributed by atoms with E-state index in [0.29, 0.717) is 5.92 Å². The van der Waals surface area contributed by atoms with Crippen molar-refractivity contribution >= 4 is 5.82 Å². The summed E-state index contributed by atoms with van der Waals surface area (Å²) in [5.74, 6) is 1.29. The van der Waals surface area contributed by atoms with Crippen LogP contribution in [0.3, 0.4) is 0 Å². The number of nitrogen functional groups attached to an aromatic ring is 1. The Labute approximate surface area is 94.7 Å². The fourth-order valence-electron chi connectivity index (χ4n) is 1.80. The van der Waals surface area contributed by atoms with Crippen molar-refractivity contribution in [3.8, 4) is 11.3 Å². The van der Waals surface area contributed by atoms with Gasteiger partial charge in [-0.15, -0.1) is 0 Å². The zero-order valence-corrected chi connectivity index (χ0v) is 9.86. The Kier molecular flexibility index (Phi) is 2.68. The van der Waals surface area contributed by atoms with Gasteiger partial charge in [-0.05, 0) is 12.3 Å². The van der Waals surface area contributed by atoms with E-state index in [1.807, 2.05) is 13.2 Å². The predicted molar refractivity (Wildman–Crippen MR) is 63.7 cm³/mol. The van der Waals surface area contributed by atoms with Crippen LogP contribution in [0.4, 0.5) is 5.82 Å². The first-order chi connectivity index (χ1) is 7.59. The van der Waals surface area contributed by atoms with Crippen LogP contribution in [-0.2, 0) is 13.5 Å². The number of anilines is 1. The third-order valence-corrected chi connectivity index (χ3v) is 2.58. The zero-order chi connectivity index (χ0) is 11.7. The van der Waals surface area contributed by atoms with Gasteiger partial charge in [-0.2, -0.15) is 10.2 Å². The summed E-state index contributed by atoms with van der Waals surface area (Å²) in [6, 6.07) is 0. The van der Waals surface area contributed by atoms with Gasteiger partial charge < -0.3 is 5.73 Å². The van der Waals surface area contributed by atoms with E-state index < -0.39 is 0 Å². The van der Waals surface area contributed by atoms with E-state index in [1.54, 1.807) is 10.9 Å². The Hall–Kier alpha value is -1.78. The van der Waals surface area contributed by atoms with Crippen molar-refractivity contribution in [2.45, 2.75) is 20.3 Å². The van der Waals surface area contributed by atoms with Crippen molar-refractivity contribution in [3.05, 3.63) is 18.0 Å². The normalized spacial score (nSPS) is 11.2. The second-order valence-electron chi connectivity index (χ2n) is 4.42. The molecule has 2 rings (SSSR count). The van der Waals surface area contributed by atoms with Crippen molar-refractivity contribution < 1.29 is 0 Å². The molecule has 2 aromatic heterocycles. The zero-order valence-electron chi connectivity index (χ0n) is 9.86. The number of nitrogens with zero attached hydrogens (tertiary/aromatic N) is 3. The van der Waals surface area contributed by atoms with Gasteiger partial charge in [-0.3, -0.25) is 9.78 Å². The van der Waals surface area contributed by atoms with Gasteiger partial charge in [0.1, 0.15) is 11.5 Å². The summed E-state index contributed by atoms with van der Waals surface area (Å²) in [7, 11) is 1.86. The van der Waals surface area contributed by atoms with Gasteiger partial charge >= 0.3 is 0 Å². The SMILES string of the molecule is CC(C)Cc1c(-c2cn[nH]c2)nn(C)c1N. The summed E-state index contributed by atoms with van der Waals surface area (Å²) < 4.78 is 1.72. The topological polar surface area (TPSA) is 72.5 Å². The van der Waals surface area contributed by atoms with Crippen molar-refractivity contribution in [1.82, 2.24) is 20.0 Å². The minimum atomic E-state index is 0.553.